The lowest BCUT2D eigenvalue weighted by Gasteiger charge is -2.10. The molecule has 10 heavy (non-hydrogen) atoms. The molecule has 58 valence electrons. The first kappa shape index (κ1) is 8.13. The van der Waals surface area contributed by atoms with Gasteiger partial charge in [0.1, 0.15) is 12.3 Å². The highest BCUT2D eigenvalue weighted by Gasteiger charge is 2.27. The zero-order chi connectivity index (χ0) is 7.56. The Morgan fingerprint density at radius 2 is 2.60 bits per heavy atom. The van der Waals surface area contributed by atoms with Crippen molar-refractivity contribution in [1.29, 1.82) is 0 Å². The summed E-state index contributed by atoms with van der Waals surface area (Å²) < 4.78 is 0. The molecule has 0 aromatic carbocycles. The lowest BCUT2D eigenvalue weighted by molar-refractivity contribution is 0.0202. The molecule has 3 N–H and O–H groups in total. The smallest absolute Gasteiger partial charge is 0.125 e. The summed E-state index contributed by atoms with van der Waals surface area (Å²) in [5.74, 6) is 0. The van der Waals surface area contributed by atoms with Crippen molar-refractivity contribution in [2.24, 2.45) is 10.7 Å². The molecule has 4 nitrogen and oxygen atoms in total. The van der Waals surface area contributed by atoms with Crippen LogP contribution in [0.15, 0.2) is 4.99 Å². The molecule has 0 aliphatic carbocycles. The molecule has 0 saturated carbocycles. The van der Waals surface area contributed by atoms with Crippen LogP contribution in [0, 0.1) is 0 Å². The highest BCUT2D eigenvalue weighted by molar-refractivity contribution is 9.09. The topological polar surface area (TPSA) is 59.6 Å². The predicted molar refractivity (Wildman–Crippen MR) is 42.9 cm³/mol. The van der Waals surface area contributed by atoms with E-state index in [9.17, 15) is 0 Å². The minimum Gasteiger partial charge on any atom is -0.308 e. The normalized spacial score (nSPS) is 35.8. The Balaban J connectivity index is 2.36. The number of hydroxylamine groups is 1. The number of rotatable bonds is 2. The fraction of sp³-hybridized carbons (Fsp3) is 0.800. The first-order valence-corrected chi connectivity index (χ1v) is 3.92. The summed E-state index contributed by atoms with van der Waals surface area (Å²) in [6.07, 6.45) is 0.442. The van der Waals surface area contributed by atoms with Gasteiger partial charge in [0.25, 0.3) is 0 Å². The molecule has 1 saturated heterocycles. The number of halogens is 1. The maximum Gasteiger partial charge on any atom is 0.125 e. The standard InChI is InChI=1S/C5H10BrN3O/c1-8-5(7)3-2-4(6)9-10-3/h3-5,9H,1-2,7H2. The van der Waals surface area contributed by atoms with E-state index >= 15 is 0 Å². The summed E-state index contributed by atoms with van der Waals surface area (Å²) in [5.41, 5.74) is 8.26. The highest BCUT2D eigenvalue weighted by atomic mass is 79.9. The van der Waals surface area contributed by atoms with Crippen LogP contribution in [0.25, 0.3) is 0 Å². The molecule has 1 fully saturated rings. The molecule has 0 aromatic rings. The van der Waals surface area contributed by atoms with Gasteiger partial charge in [-0.05, 0) is 6.72 Å². The van der Waals surface area contributed by atoms with Gasteiger partial charge in [0.05, 0.1) is 4.95 Å². The third kappa shape index (κ3) is 1.76. The van der Waals surface area contributed by atoms with Crippen LogP contribution in [0.4, 0.5) is 0 Å². The predicted octanol–water partition coefficient (Wildman–Crippen LogP) is -0.0137. The summed E-state index contributed by atoms with van der Waals surface area (Å²) in [6.45, 7) is 3.33. The number of hydrogen-bond acceptors (Lipinski definition) is 4. The van der Waals surface area contributed by atoms with Crippen LogP contribution < -0.4 is 11.2 Å². The van der Waals surface area contributed by atoms with E-state index in [0.717, 1.165) is 6.42 Å². The first-order chi connectivity index (χ1) is 4.74. The third-order valence-corrected chi connectivity index (χ3v) is 1.94. The zero-order valence-electron chi connectivity index (χ0n) is 5.46. The van der Waals surface area contributed by atoms with Crippen LogP contribution in [0.5, 0.6) is 0 Å². The first-order valence-electron chi connectivity index (χ1n) is 3.00. The van der Waals surface area contributed by atoms with Crippen molar-refractivity contribution in [3.05, 3.63) is 0 Å². The molecule has 1 aliphatic rings. The molecule has 0 bridgehead atoms. The number of nitrogens with two attached hydrogens (primary N) is 1. The second-order valence-electron chi connectivity index (χ2n) is 2.15. The van der Waals surface area contributed by atoms with E-state index < -0.39 is 0 Å². The molecule has 1 rings (SSSR count). The molecular formula is C5H10BrN3O. The van der Waals surface area contributed by atoms with Gasteiger partial charge in [-0.3, -0.25) is 9.83 Å². The van der Waals surface area contributed by atoms with E-state index in [4.69, 9.17) is 10.6 Å². The number of alkyl halides is 1. The fourth-order valence-electron chi connectivity index (χ4n) is 0.788. The van der Waals surface area contributed by atoms with E-state index in [-0.39, 0.29) is 17.2 Å². The largest absolute Gasteiger partial charge is 0.308 e. The van der Waals surface area contributed by atoms with Gasteiger partial charge >= 0.3 is 0 Å². The summed E-state index contributed by atoms with van der Waals surface area (Å²) in [5, 5.41) is 0. The van der Waals surface area contributed by atoms with E-state index in [1.165, 1.54) is 0 Å². The number of aliphatic imine (C=N–C) groups is 1. The molecule has 0 aromatic heterocycles. The van der Waals surface area contributed by atoms with Gasteiger partial charge in [0, 0.05) is 6.42 Å². The maximum absolute atomic E-state index is 5.53. The summed E-state index contributed by atoms with van der Waals surface area (Å²) in [7, 11) is 0. The Morgan fingerprint density at radius 1 is 1.90 bits per heavy atom. The summed E-state index contributed by atoms with van der Waals surface area (Å²) in [6, 6.07) is 0. The number of nitrogens with one attached hydrogen (secondary N) is 1. The van der Waals surface area contributed by atoms with Crippen LogP contribution in [0.1, 0.15) is 6.42 Å². The molecule has 3 unspecified atom stereocenters. The van der Waals surface area contributed by atoms with Crippen molar-refractivity contribution in [3.63, 3.8) is 0 Å². The van der Waals surface area contributed by atoms with Crippen molar-refractivity contribution in [3.8, 4) is 0 Å². The molecule has 0 spiro atoms. The third-order valence-electron chi connectivity index (χ3n) is 1.38. The second-order valence-corrected chi connectivity index (χ2v) is 3.26. The van der Waals surface area contributed by atoms with Crippen LogP contribution >= 0.6 is 15.9 Å². The minimum atomic E-state index is -0.324. The van der Waals surface area contributed by atoms with E-state index in [0.29, 0.717) is 0 Å². The molecular weight excluding hydrogens is 198 g/mol. The SMILES string of the molecule is C=NC(N)C1CC(Br)NO1. The average Bonchev–Trinajstić information content (AvgIpc) is 2.34. The Kier molecular flexibility index (Phi) is 2.79. The highest BCUT2D eigenvalue weighted by Crippen LogP contribution is 2.17. The number of hydrogen-bond donors (Lipinski definition) is 2. The Hall–Kier alpha value is 0.0300. The molecule has 3 atom stereocenters. The Bertz CT molecular complexity index is 132. The van der Waals surface area contributed by atoms with Gasteiger partial charge in [0.2, 0.25) is 0 Å². The molecule has 0 radical (unpaired) electrons. The monoisotopic (exact) mass is 207 g/mol. The van der Waals surface area contributed by atoms with Crippen LogP contribution in [-0.2, 0) is 4.84 Å². The summed E-state index contributed by atoms with van der Waals surface area (Å²) in [4.78, 5) is 8.89. The van der Waals surface area contributed by atoms with Crippen molar-refractivity contribution < 1.29 is 4.84 Å². The fourth-order valence-corrected chi connectivity index (χ4v) is 1.26. The van der Waals surface area contributed by atoms with Gasteiger partial charge in [-0.25, -0.2) is 0 Å². The van der Waals surface area contributed by atoms with Crippen molar-refractivity contribution in [2.75, 3.05) is 0 Å². The van der Waals surface area contributed by atoms with Crippen molar-refractivity contribution in [1.82, 2.24) is 5.48 Å². The molecule has 5 heteroatoms. The molecule has 0 amide bonds. The number of nitrogens with zero attached hydrogens (tertiary/aromatic N) is 1. The molecule has 1 heterocycles. The van der Waals surface area contributed by atoms with Gasteiger partial charge in [0.15, 0.2) is 0 Å². The van der Waals surface area contributed by atoms with Gasteiger partial charge in [-0.2, -0.15) is 5.48 Å². The lowest BCUT2D eigenvalue weighted by atomic mass is 10.2. The van der Waals surface area contributed by atoms with Gasteiger partial charge in [-0.1, -0.05) is 15.9 Å². The van der Waals surface area contributed by atoms with Crippen LogP contribution in [0.2, 0.25) is 0 Å². The zero-order valence-corrected chi connectivity index (χ0v) is 7.04. The van der Waals surface area contributed by atoms with E-state index in [1.54, 1.807) is 0 Å². The average molecular weight is 208 g/mol. The van der Waals surface area contributed by atoms with Crippen molar-refractivity contribution >= 4 is 22.6 Å². The Labute approximate surface area is 67.9 Å². The second kappa shape index (κ2) is 3.43. The van der Waals surface area contributed by atoms with Crippen molar-refractivity contribution in [2.45, 2.75) is 23.6 Å². The van der Waals surface area contributed by atoms with Gasteiger partial charge < -0.3 is 5.73 Å². The van der Waals surface area contributed by atoms with E-state index in [1.807, 2.05) is 0 Å². The van der Waals surface area contributed by atoms with Crippen LogP contribution in [-0.4, -0.2) is 23.9 Å². The van der Waals surface area contributed by atoms with Gasteiger partial charge in [-0.15, -0.1) is 0 Å². The summed E-state index contributed by atoms with van der Waals surface area (Å²) >= 11 is 3.32. The minimum absolute atomic E-state index is 0.0538. The lowest BCUT2D eigenvalue weighted by Crippen LogP contribution is -2.32. The Morgan fingerprint density at radius 3 is 3.00 bits per heavy atom. The van der Waals surface area contributed by atoms with E-state index in [2.05, 4.69) is 33.1 Å². The van der Waals surface area contributed by atoms with Crippen LogP contribution in [0.3, 0.4) is 0 Å². The molecule has 1 aliphatic heterocycles. The quantitative estimate of drug-likeness (QED) is 0.381. The maximum atomic E-state index is 5.53.